The summed E-state index contributed by atoms with van der Waals surface area (Å²) in [4.78, 5) is 11.3. The Hall–Kier alpha value is -2.61. The maximum Gasteiger partial charge on any atom is 0.416 e. The number of carbonyl (C=O) groups is 1. The van der Waals surface area contributed by atoms with E-state index in [9.17, 15) is 18.0 Å². The van der Waals surface area contributed by atoms with Crippen LogP contribution in [0, 0.1) is 11.3 Å². The third-order valence-corrected chi connectivity index (χ3v) is 3.11. The van der Waals surface area contributed by atoms with Gasteiger partial charge in [0.25, 0.3) is 0 Å². The van der Waals surface area contributed by atoms with Crippen molar-refractivity contribution in [1.29, 1.82) is 5.26 Å². The van der Waals surface area contributed by atoms with Crippen LogP contribution in [-0.4, -0.2) is 6.29 Å². The van der Waals surface area contributed by atoms with Crippen molar-refractivity contribution in [1.82, 2.24) is 0 Å². The van der Waals surface area contributed by atoms with Gasteiger partial charge in [0, 0.05) is 0 Å². The quantitative estimate of drug-likeness (QED) is 0.804. The van der Waals surface area contributed by atoms with Gasteiger partial charge < -0.3 is 4.79 Å². The van der Waals surface area contributed by atoms with Crippen molar-refractivity contribution in [3.8, 4) is 6.07 Å². The van der Waals surface area contributed by atoms with E-state index < -0.39 is 17.7 Å². The topological polar surface area (TPSA) is 40.9 Å². The first-order chi connectivity index (χ1) is 9.95. The van der Waals surface area contributed by atoms with Crippen molar-refractivity contribution < 1.29 is 18.0 Å². The summed E-state index contributed by atoms with van der Waals surface area (Å²) in [6.45, 7) is 0. The molecule has 0 bridgehead atoms. The monoisotopic (exact) mass is 289 g/mol. The van der Waals surface area contributed by atoms with Gasteiger partial charge in [0.15, 0.2) is 0 Å². The van der Waals surface area contributed by atoms with Crippen LogP contribution < -0.4 is 0 Å². The molecule has 2 aromatic carbocycles. The molecule has 1 atom stereocenters. The van der Waals surface area contributed by atoms with Crippen LogP contribution in [0.15, 0.2) is 48.5 Å². The number of hydrogen-bond acceptors (Lipinski definition) is 2. The van der Waals surface area contributed by atoms with E-state index >= 15 is 0 Å². The Bertz CT molecular complexity index is 684. The molecule has 0 radical (unpaired) electrons. The first-order valence-electron chi connectivity index (χ1n) is 6.08. The molecule has 0 saturated heterocycles. The Balaban J connectivity index is 2.41. The molecule has 21 heavy (non-hydrogen) atoms. The molecule has 106 valence electrons. The molecule has 5 heteroatoms. The minimum absolute atomic E-state index is 0.268. The van der Waals surface area contributed by atoms with Crippen LogP contribution >= 0.6 is 0 Å². The standard InChI is InChI=1S/C16H10F3NO/c17-16(18,19)14-3-1-2-13(8-14)15(10-21)12-6-4-11(9-20)5-7-12/h1-8,10,15H. The maximum absolute atomic E-state index is 12.7. The predicted molar refractivity (Wildman–Crippen MR) is 70.5 cm³/mol. The van der Waals surface area contributed by atoms with Crippen molar-refractivity contribution in [3.63, 3.8) is 0 Å². The lowest BCUT2D eigenvalue weighted by Gasteiger charge is -2.14. The van der Waals surface area contributed by atoms with Crippen LogP contribution in [0.5, 0.6) is 0 Å². The lowest BCUT2D eigenvalue weighted by Crippen LogP contribution is -2.08. The molecule has 2 rings (SSSR count). The highest BCUT2D eigenvalue weighted by molar-refractivity contribution is 5.68. The van der Waals surface area contributed by atoms with Gasteiger partial charge >= 0.3 is 6.18 Å². The summed E-state index contributed by atoms with van der Waals surface area (Å²) >= 11 is 0. The number of benzene rings is 2. The molecule has 0 spiro atoms. The Morgan fingerprint density at radius 2 is 1.71 bits per heavy atom. The Morgan fingerprint density at radius 3 is 2.24 bits per heavy atom. The van der Waals surface area contributed by atoms with Crippen LogP contribution in [-0.2, 0) is 11.0 Å². The molecule has 1 unspecified atom stereocenters. The van der Waals surface area contributed by atoms with Gasteiger partial charge in [-0.3, -0.25) is 0 Å². The van der Waals surface area contributed by atoms with E-state index in [0.717, 1.165) is 12.1 Å². The molecular formula is C16H10F3NO. The maximum atomic E-state index is 12.7. The Kier molecular flexibility index (Phi) is 4.08. The minimum atomic E-state index is -4.45. The molecular weight excluding hydrogens is 279 g/mol. The Morgan fingerprint density at radius 1 is 1.05 bits per heavy atom. The lowest BCUT2D eigenvalue weighted by atomic mass is 9.91. The molecule has 2 aromatic rings. The molecule has 0 aliphatic carbocycles. The zero-order valence-electron chi connectivity index (χ0n) is 10.8. The zero-order valence-corrected chi connectivity index (χ0v) is 10.8. The van der Waals surface area contributed by atoms with E-state index in [1.165, 1.54) is 24.3 Å². The first kappa shape index (κ1) is 14.8. The summed E-state index contributed by atoms with van der Waals surface area (Å²) in [7, 11) is 0. The number of nitriles is 1. The summed E-state index contributed by atoms with van der Waals surface area (Å²) in [6.07, 6.45) is -3.86. The van der Waals surface area contributed by atoms with Gasteiger partial charge in [-0.05, 0) is 29.3 Å². The molecule has 0 aliphatic heterocycles. The van der Waals surface area contributed by atoms with Gasteiger partial charge in [-0.1, -0.05) is 30.3 Å². The highest BCUT2D eigenvalue weighted by Gasteiger charge is 2.31. The van der Waals surface area contributed by atoms with E-state index in [1.54, 1.807) is 12.1 Å². The second kappa shape index (κ2) is 5.80. The van der Waals surface area contributed by atoms with Crippen molar-refractivity contribution in [2.24, 2.45) is 0 Å². The van der Waals surface area contributed by atoms with Gasteiger partial charge in [-0.15, -0.1) is 0 Å². The van der Waals surface area contributed by atoms with Gasteiger partial charge in [0.1, 0.15) is 6.29 Å². The highest BCUT2D eigenvalue weighted by Crippen LogP contribution is 2.32. The summed E-state index contributed by atoms with van der Waals surface area (Å²) in [5.41, 5.74) is 0.445. The largest absolute Gasteiger partial charge is 0.416 e. The van der Waals surface area contributed by atoms with E-state index in [-0.39, 0.29) is 5.56 Å². The third-order valence-electron chi connectivity index (χ3n) is 3.11. The van der Waals surface area contributed by atoms with Crippen molar-refractivity contribution in [3.05, 3.63) is 70.8 Å². The molecule has 0 heterocycles. The molecule has 0 N–H and O–H groups in total. The fourth-order valence-corrected chi connectivity index (χ4v) is 2.02. The molecule has 0 amide bonds. The zero-order chi connectivity index (χ0) is 15.5. The number of aldehydes is 1. The number of halogens is 3. The number of nitrogens with zero attached hydrogens (tertiary/aromatic N) is 1. The van der Waals surface area contributed by atoms with Crippen LogP contribution in [0.25, 0.3) is 0 Å². The number of rotatable bonds is 3. The molecule has 2 nitrogen and oxygen atoms in total. The van der Waals surface area contributed by atoms with Crippen LogP contribution in [0.3, 0.4) is 0 Å². The van der Waals surface area contributed by atoms with Crippen LogP contribution in [0.2, 0.25) is 0 Å². The van der Waals surface area contributed by atoms with Crippen molar-refractivity contribution in [2.45, 2.75) is 12.1 Å². The van der Waals surface area contributed by atoms with Gasteiger partial charge in [-0.2, -0.15) is 18.4 Å². The van der Waals surface area contributed by atoms with Gasteiger partial charge in [0.2, 0.25) is 0 Å². The number of hydrogen-bond donors (Lipinski definition) is 0. The van der Waals surface area contributed by atoms with Gasteiger partial charge in [-0.25, -0.2) is 0 Å². The SMILES string of the molecule is N#Cc1ccc(C(C=O)c2cccc(C(F)(F)F)c2)cc1. The fraction of sp³-hybridized carbons (Fsp3) is 0.125. The minimum Gasteiger partial charge on any atom is -0.302 e. The molecule has 0 aliphatic rings. The smallest absolute Gasteiger partial charge is 0.302 e. The van der Waals surface area contributed by atoms with E-state index in [1.807, 2.05) is 6.07 Å². The Labute approximate surface area is 119 Å². The van der Waals surface area contributed by atoms with Crippen LogP contribution in [0.4, 0.5) is 13.2 Å². The van der Waals surface area contributed by atoms with Gasteiger partial charge in [0.05, 0.1) is 23.1 Å². The second-order valence-corrected chi connectivity index (χ2v) is 4.47. The predicted octanol–water partition coefficient (Wildman–Crippen LogP) is 3.91. The lowest BCUT2D eigenvalue weighted by molar-refractivity contribution is -0.137. The first-order valence-corrected chi connectivity index (χ1v) is 6.08. The number of alkyl halides is 3. The summed E-state index contributed by atoms with van der Waals surface area (Å²) in [5.74, 6) is -0.792. The average Bonchev–Trinajstić information content (AvgIpc) is 2.48. The average molecular weight is 289 g/mol. The highest BCUT2D eigenvalue weighted by atomic mass is 19.4. The molecule has 0 fully saturated rings. The fourth-order valence-electron chi connectivity index (χ4n) is 2.02. The van der Waals surface area contributed by atoms with E-state index in [0.29, 0.717) is 17.4 Å². The molecule has 0 aromatic heterocycles. The van der Waals surface area contributed by atoms with Crippen molar-refractivity contribution >= 4 is 6.29 Å². The van der Waals surface area contributed by atoms with Crippen molar-refractivity contribution in [2.75, 3.05) is 0 Å². The summed E-state index contributed by atoms with van der Waals surface area (Å²) in [5, 5.41) is 8.72. The summed E-state index contributed by atoms with van der Waals surface area (Å²) < 4.78 is 38.1. The van der Waals surface area contributed by atoms with Crippen LogP contribution in [0.1, 0.15) is 28.2 Å². The second-order valence-electron chi connectivity index (χ2n) is 4.47. The van der Waals surface area contributed by atoms with E-state index in [2.05, 4.69) is 0 Å². The molecule has 0 saturated carbocycles. The third kappa shape index (κ3) is 3.29. The summed E-state index contributed by atoms with van der Waals surface area (Å²) in [6, 6.07) is 12.8. The van der Waals surface area contributed by atoms with E-state index in [4.69, 9.17) is 5.26 Å². The normalized spacial score (nSPS) is 12.5. The number of carbonyl (C=O) groups excluding carboxylic acids is 1.